The van der Waals surface area contributed by atoms with Gasteiger partial charge >= 0.3 is 12.1 Å². The van der Waals surface area contributed by atoms with Crippen LogP contribution in [0.2, 0.25) is 0 Å². The maximum Gasteiger partial charge on any atom is 0.417 e. The molecular formula is C12H19NO5. The summed E-state index contributed by atoms with van der Waals surface area (Å²) in [5, 5.41) is 0. The van der Waals surface area contributed by atoms with Crippen molar-refractivity contribution in [1.29, 1.82) is 0 Å². The van der Waals surface area contributed by atoms with Gasteiger partial charge < -0.3 is 9.47 Å². The van der Waals surface area contributed by atoms with E-state index >= 15 is 0 Å². The van der Waals surface area contributed by atoms with Crippen molar-refractivity contribution < 1.29 is 23.9 Å². The Labute approximate surface area is 106 Å². The van der Waals surface area contributed by atoms with Gasteiger partial charge in [-0.15, -0.1) is 0 Å². The molecule has 1 rings (SSSR count). The smallest absolute Gasteiger partial charge is 0.417 e. The molecule has 1 aliphatic heterocycles. The molecule has 0 bridgehead atoms. The standard InChI is InChI=1S/C12H19NO5/c1-12(2,3)18-11(16)13-8(5-6-9(13)14)7-10(15)17-4/h8H,5-7H2,1-4H3/t8-/m0/s1. The Balaban J connectivity index is 2.73. The summed E-state index contributed by atoms with van der Waals surface area (Å²) in [6, 6.07) is -0.459. The van der Waals surface area contributed by atoms with Crippen LogP contribution in [0.3, 0.4) is 0 Å². The second kappa shape index (κ2) is 5.37. The summed E-state index contributed by atoms with van der Waals surface area (Å²) in [6.07, 6.45) is 0.0362. The zero-order valence-corrected chi connectivity index (χ0v) is 11.2. The number of imide groups is 1. The molecule has 0 aromatic rings. The van der Waals surface area contributed by atoms with Gasteiger partial charge in [-0.2, -0.15) is 0 Å². The van der Waals surface area contributed by atoms with E-state index in [2.05, 4.69) is 4.74 Å². The van der Waals surface area contributed by atoms with Crippen LogP contribution in [0.25, 0.3) is 0 Å². The van der Waals surface area contributed by atoms with E-state index in [4.69, 9.17) is 4.74 Å². The van der Waals surface area contributed by atoms with Crippen LogP contribution < -0.4 is 0 Å². The van der Waals surface area contributed by atoms with Crippen LogP contribution in [0.5, 0.6) is 0 Å². The van der Waals surface area contributed by atoms with Crippen molar-refractivity contribution in [2.24, 2.45) is 0 Å². The van der Waals surface area contributed by atoms with Gasteiger partial charge in [0.05, 0.1) is 19.6 Å². The second-order valence-corrected chi connectivity index (χ2v) is 5.22. The first-order chi connectivity index (χ1) is 8.24. The first-order valence-corrected chi connectivity index (χ1v) is 5.86. The summed E-state index contributed by atoms with van der Waals surface area (Å²) in [4.78, 5) is 35.8. The van der Waals surface area contributed by atoms with Crippen molar-refractivity contribution in [2.45, 2.75) is 51.7 Å². The third-order valence-corrected chi connectivity index (χ3v) is 2.55. The Hall–Kier alpha value is -1.59. The Kier molecular flexibility index (Phi) is 4.32. The first-order valence-electron chi connectivity index (χ1n) is 5.86. The van der Waals surface area contributed by atoms with Crippen LogP contribution in [0.15, 0.2) is 0 Å². The molecule has 2 amide bonds. The molecule has 0 aromatic carbocycles. The molecule has 0 radical (unpaired) electrons. The number of rotatable bonds is 2. The number of amides is 2. The molecule has 6 nitrogen and oxygen atoms in total. The third kappa shape index (κ3) is 3.72. The van der Waals surface area contributed by atoms with Crippen molar-refractivity contribution in [2.75, 3.05) is 7.11 Å². The van der Waals surface area contributed by atoms with Crippen molar-refractivity contribution >= 4 is 18.0 Å². The van der Waals surface area contributed by atoms with E-state index in [0.29, 0.717) is 6.42 Å². The fourth-order valence-electron chi connectivity index (χ4n) is 1.77. The quantitative estimate of drug-likeness (QED) is 0.700. The van der Waals surface area contributed by atoms with E-state index in [1.807, 2.05) is 0 Å². The van der Waals surface area contributed by atoms with Crippen molar-refractivity contribution in [3.8, 4) is 0 Å². The fraction of sp³-hybridized carbons (Fsp3) is 0.750. The number of esters is 1. The van der Waals surface area contributed by atoms with Crippen molar-refractivity contribution in [1.82, 2.24) is 4.90 Å². The second-order valence-electron chi connectivity index (χ2n) is 5.22. The lowest BCUT2D eigenvalue weighted by molar-refractivity contribution is -0.142. The zero-order chi connectivity index (χ0) is 13.9. The number of hydrogen-bond acceptors (Lipinski definition) is 5. The minimum Gasteiger partial charge on any atom is -0.469 e. The highest BCUT2D eigenvalue weighted by Crippen LogP contribution is 2.24. The Morgan fingerprint density at radius 2 is 2.00 bits per heavy atom. The molecule has 1 aliphatic rings. The normalized spacial score (nSPS) is 19.9. The average Bonchev–Trinajstić information content (AvgIpc) is 2.57. The predicted molar refractivity (Wildman–Crippen MR) is 62.7 cm³/mol. The maximum absolute atomic E-state index is 11.9. The molecule has 1 fully saturated rings. The van der Waals surface area contributed by atoms with Crippen LogP contribution in [0, 0.1) is 0 Å². The minimum absolute atomic E-state index is 0.0154. The van der Waals surface area contributed by atoms with Gasteiger partial charge in [0.15, 0.2) is 0 Å². The van der Waals surface area contributed by atoms with Crippen LogP contribution in [0.1, 0.15) is 40.0 Å². The molecule has 1 heterocycles. The van der Waals surface area contributed by atoms with Crippen molar-refractivity contribution in [3.05, 3.63) is 0 Å². The lowest BCUT2D eigenvalue weighted by Crippen LogP contribution is -2.43. The average molecular weight is 257 g/mol. The number of carbonyl (C=O) groups is 3. The summed E-state index contributed by atoms with van der Waals surface area (Å²) in [5.74, 6) is -0.749. The predicted octanol–water partition coefficient (Wildman–Crippen LogP) is 1.48. The molecule has 1 atom stereocenters. The molecular weight excluding hydrogens is 238 g/mol. The van der Waals surface area contributed by atoms with E-state index in [0.717, 1.165) is 4.90 Å². The number of ether oxygens (including phenoxy) is 2. The summed E-state index contributed by atoms with van der Waals surface area (Å²) < 4.78 is 9.70. The monoisotopic (exact) mass is 257 g/mol. The topological polar surface area (TPSA) is 72.9 Å². The molecule has 0 unspecified atom stereocenters. The van der Waals surface area contributed by atoms with E-state index in [1.165, 1.54) is 7.11 Å². The van der Waals surface area contributed by atoms with Gasteiger partial charge in [-0.1, -0.05) is 0 Å². The lowest BCUT2D eigenvalue weighted by Gasteiger charge is -2.26. The Bertz CT molecular complexity index is 358. The van der Waals surface area contributed by atoms with Gasteiger partial charge in [0.2, 0.25) is 5.91 Å². The SMILES string of the molecule is COC(=O)C[C@@H]1CCC(=O)N1C(=O)OC(C)(C)C. The number of methoxy groups -OCH3 is 1. The van der Waals surface area contributed by atoms with Crippen LogP contribution in [-0.2, 0) is 19.1 Å². The Morgan fingerprint density at radius 3 is 2.50 bits per heavy atom. The molecule has 0 aromatic heterocycles. The summed E-state index contributed by atoms with van der Waals surface area (Å²) in [7, 11) is 1.27. The number of likely N-dealkylation sites (tertiary alicyclic amines) is 1. The van der Waals surface area contributed by atoms with E-state index in [9.17, 15) is 14.4 Å². The molecule has 102 valence electrons. The molecule has 0 N–H and O–H groups in total. The highest BCUT2D eigenvalue weighted by molar-refractivity contribution is 5.94. The lowest BCUT2D eigenvalue weighted by atomic mass is 10.1. The van der Waals surface area contributed by atoms with E-state index < -0.39 is 23.7 Å². The van der Waals surface area contributed by atoms with Gasteiger partial charge in [-0.3, -0.25) is 9.59 Å². The molecule has 6 heteroatoms. The number of hydrogen-bond donors (Lipinski definition) is 0. The van der Waals surface area contributed by atoms with Gasteiger partial charge in [-0.05, 0) is 27.2 Å². The van der Waals surface area contributed by atoms with Gasteiger partial charge in [0, 0.05) is 6.42 Å². The highest BCUT2D eigenvalue weighted by atomic mass is 16.6. The summed E-state index contributed by atoms with van der Waals surface area (Å²) >= 11 is 0. The van der Waals surface area contributed by atoms with Gasteiger partial charge in [-0.25, -0.2) is 9.69 Å². The van der Waals surface area contributed by atoms with Gasteiger partial charge in [0.1, 0.15) is 5.60 Å². The molecule has 0 aliphatic carbocycles. The van der Waals surface area contributed by atoms with Crippen LogP contribution in [-0.4, -0.2) is 41.6 Å². The zero-order valence-electron chi connectivity index (χ0n) is 11.2. The van der Waals surface area contributed by atoms with E-state index in [-0.39, 0.29) is 18.7 Å². The highest BCUT2D eigenvalue weighted by Gasteiger charge is 2.39. The van der Waals surface area contributed by atoms with Crippen molar-refractivity contribution in [3.63, 3.8) is 0 Å². The molecule has 1 saturated heterocycles. The third-order valence-electron chi connectivity index (χ3n) is 2.55. The summed E-state index contributed by atoms with van der Waals surface area (Å²) in [5.41, 5.74) is -0.671. The molecule has 0 spiro atoms. The van der Waals surface area contributed by atoms with Crippen LogP contribution >= 0.6 is 0 Å². The summed E-state index contributed by atoms with van der Waals surface area (Å²) in [6.45, 7) is 5.17. The maximum atomic E-state index is 11.9. The fourth-order valence-corrected chi connectivity index (χ4v) is 1.77. The van der Waals surface area contributed by atoms with Gasteiger partial charge in [0.25, 0.3) is 0 Å². The van der Waals surface area contributed by atoms with E-state index in [1.54, 1.807) is 20.8 Å². The minimum atomic E-state index is -0.695. The largest absolute Gasteiger partial charge is 0.469 e. The molecule has 18 heavy (non-hydrogen) atoms. The number of carbonyl (C=O) groups excluding carboxylic acids is 3. The van der Waals surface area contributed by atoms with Crippen LogP contribution in [0.4, 0.5) is 4.79 Å². The molecule has 0 saturated carbocycles. The number of nitrogens with zero attached hydrogens (tertiary/aromatic N) is 1. The first kappa shape index (κ1) is 14.5. The Morgan fingerprint density at radius 1 is 1.39 bits per heavy atom.